The van der Waals surface area contributed by atoms with Gasteiger partial charge in [0.1, 0.15) is 5.82 Å². The van der Waals surface area contributed by atoms with Crippen LogP contribution in [-0.2, 0) is 6.18 Å². The number of aromatic amines is 1. The number of nitrogens with one attached hydrogen (secondary N) is 1. The monoisotopic (exact) mass is 402 g/mol. The summed E-state index contributed by atoms with van der Waals surface area (Å²) in [5.41, 5.74) is 3.28. The molecule has 8 heteroatoms. The van der Waals surface area contributed by atoms with E-state index in [2.05, 4.69) is 21.5 Å². The van der Waals surface area contributed by atoms with E-state index in [0.717, 1.165) is 40.1 Å². The van der Waals surface area contributed by atoms with Crippen LogP contribution < -0.4 is 4.90 Å². The van der Waals surface area contributed by atoms with Crippen molar-refractivity contribution in [1.82, 2.24) is 15.0 Å². The van der Waals surface area contributed by atoms with E-state index in [4.69, 9.17) is 0 Å². The van der Waals surface area contributed by atoms with Crippen molar-refractivity contribution in [1.29, 1.82) is 0 Å². The predicted octanol–water partition coefficient (Wildman–Crippen LogP) is 5.36. The molecule has 4 rings (SSSR count). The molecule has 0 radical (unpaired) electrons. The van der Waals surface area contributed by atoms with Crippen LogP contribution in [-0.4, -0.2) is 28.0 Å². The summed E-state index contributed by atoms with van der Waals surface area (Å²) in [5.74, 6) is -0.0875. The first-order chi connectivity index (χ1) is 13.8. The van der Waals surface area contributed by atoms with Crippen LogP contribution in [0.5, 0.6) is 0 Å². The number of hydrogen-bond acceptors (Lipinski definition) is 3. The van der Waals surface area contributed by atoms with Crippen molar-refractivity contribution in [3.63, 3.8) is 0 Å². The first-order valence-corrected chi connectivity index (χ1v) is 9.03. The van der Waals surface area contributed by atoms with Crippen molar-refractivity contribution in [3.05, 3.63) is 71.5 Å². The Kier molecular flexibility index (Phi) is 4.64. The zero-order valence-electron chi connectivity index (χ0n) is 15.6. The number of aromatic nitrogens is 3. The molecule has 0 unspecified atom stereocenters. The second-order valence-electron chi connectivity index (χ2n) is 7.01. The van der Waals surface area contributed by atoms with Gasteiger partial charge in [-0.1, -0.05) is 12.6 Å². The largest absolute Gasteiger partial charge is 0.419 e. The minimum Gasteiger partial charge on any atom is -0.359 e. The molecule has 0 saturated carbocycles. The molecule has 3 heterocycles. The van der Waals surface area contributed by atoms with Crippen LogP contribution in [0, 0.1) is 5.82 Å². The Hall–Kier alpha value is -3.16. The molecule has 1 fully saturated rings. The second kappa shape index (κ2) is 7.02. The Bertz CT molecular complexity index is 1110. The molecule has 3 aromatic rings. The third kappa shape index (κ3) is 3.50. The van der Waals surface area contributed by atoms with Crippen LogP contribution >= 0.6 is 0 Å². The van der Waals surface area contributed by atoms with Crippen LogP contribution in [0.1, 0.15) is 24.5 Å². The average Bonchev–Trinajstić information content (AvgIpc) is 3.18. The average molecular weight is 402 g/mol. The first kappa shape index (κ1) is 19.2. The number of nitrogens with zero attached hydrogens (tertiary/aromatic N) is 3. The Morgan fingerprint density at radius 2 is 1.90 bits per heavy atom. The number of hydrogen-bond donors (Lipinski definition) is 1. The maximum absolute atomic E-state index is 14.0. The highest BCUT2D eigenvalue weighted by atomic mass is 19.4. The lowest BCUT2D eigenvalue weighted by molar-refractivity contribution is -0.138. The number of alkyl halides is 3. The summed E-state index contributed by atoms with van der Waals surface area (Å²) in [6, 6.07) is 4.97. The lowest BCUT2D eigenvalue weighted by atomic mass is 9.90. The zero-order valence-corrected chi connectivity index (χ0v) is 15.6. The van der Waals surface area contributed by atoms with E-state index in [0.29, 0.717) is 25.0 Å². The summed E-state index contributed by atoms with van der Waals surface area (Å²) in [4.78, 5) is 12.5. The van der Waals surface area contributed by atoms with E-state index < -0.39 is 11.7 Å². The normalized spacial score (nSPS) is 17.1. The number of H-pyrrole nitrogens is 1. The van der Waals surface area contributed by atoms with Crippen LogP contribution in [0.15, 0.2) is 54.5 Å². The van der Waals surface area contributed by atoms with Crippen molar-refractivity contribution in [2.75, 3.05) is 18.0 Å². The fraction of sp³-hybridized carbons (Fsp3) is 0.238. The molecule has 2 aromatic heterocycles. The summed E-state index contributed by atoms with van der Waals surface area (Å²) >= 11 is 0. The molecule has 1 aromatic carbocycles. The molecular formula is C21H18F4N4. The van der Waals surface area contributed by atoms with Gasteiger partial charge in [0, 0.05) is 37.1 Å². The van der Waals surface area contributed by atoms with E-state index in [-0.39, 0.29) is 11.8 Å². The Morgan fingerprint density at radius 1 is 1.17 bits per heavy atom. The van der Waals surface area contributed by atoms with Crippen LogP contribution in [0.3, 0.4) is 0 Å². The molecule has 4 nitrogen and oxygen atoms in total. The van der Waals surface area contributed by atoms with Crippen molar-refractivity contribution in [3.8, 4) is 0 Å². The van der Waals surface area contributed by atoms with Gasteiger partial charge < -0.3 is 9.88 Å². The SMILES string of the molecule is C=C1CCN(c2ncc(C(F)(F)F)cn2)C/C1=C(/C)c1ccc(F)c2[nH]ccc12. The minimum atomic E-state index is -4.47. The van der Waals surface area contributed by atoms with Gasteiger partial charge >= 0.3 is 6.18 Å². The maximum Gasteiger partial charge on any atom is 0.419 e. The van der Waals surface area contributed by atoms with Gasteiger partial charge in [-0.25, -0.2) is 14.4 Å². The highest BCUT2D eigenvalue weighted by Crippen LogP contribution is 2.34. The number of anilines is 1. The number of fused-ring (bicyclic) bond motifs is 1. The number of benzene rings is 1. The molecule has 1 saturated heterocycles. The Labute approximate surface area is 164 Å². The fourth-order valence-electron chi connectivity index (χ4n) is 3.60. The third-order valence-electron chi connectivity index (χ3n) is 5.24. The van der Waals surface area contributed by atoms with Crippen molar-refractivity contribution < 1.29 is 17.6 Å². The molecule has 0 amide bonds. The molecule has 150 valence electrons. The molecule has 0 bridgehead atoms. The Balaban J connectivity index is 1.69. The van der Waals surface area contributed by atoms with E-state index in [1.165, 1.54) is 6.07 Å². The molecule has 1 aliphatic heterocycles. The van der Waals surface area contributed by atoms with E-state index in [1.54, 1.807) is 12.3 Å². The molecule has 1 aliphatic rings. The highest BCUT2D eigenvalue weighted by molar-refractivity contribution is 5.93. The molecule has 29 heavy (non-hydrogen) atoms. The lowest BCUT2D eigenvalue weighted by Crippen LogP contribution is -2.34. The third-order valence-corrected chi connectivity index (χ3v) is 5.24. The molecule has 1 N–H and O–H groups in total. The van der Waals surface area contributed by atoms with Crippen molar-refractivity contribution >= 4 is 22.4 Å². The van der Waals surface area contributed by atoms with Crippen LogP contribution in [0.2, 0.25) is 0 Å². The Morgan fingerprint density at radius 3 is 2.59 bits per heavy atom. The smallest absolute Gasteiger partial charge is 0.359 e. The summed E-state index contributed by atoms with van der Waals surface area (Å²) in [6.45, 7) is 7.06. The fourth-order valence-corrected chi connectivity index (χ4v) is 3.60. The summed E-state index contributed by atoms with van der Waals surface area (Å²) in [7, 11) is 0. The summed E-state index contributed by atoms with van der Waals surface area (Å²) in [6.07, 6.45) is -0.556. The highest BCUT2D eigenvalue weighted by Gasteiger charge is 2.32. The van der Waals surface area contributed by atoms with Gasteiger partial charge in [0.25, 0.3) is 0 Å². The van der Waals surface area contributed by atoms with E-state index in [1.807, 2.05) is 17.9 Å². The molecule has 0 atom stereocenters. The van der Waals surface area contributed by atoms with Gasteiger partial charge in [-0.05, 0) is 47.8 Å². The van der Waals surface area contributed by atoms with Crippen molar-refractivity contribution in [2.45, 2.75) is 19.5 Å². The number of halogens is 4. The maximum atomic E-state index is 14.0. The molecule has 0 aliphatic carbocycles. The molecule has 0 spiro atoms. The second-order valence-corrected chi connectivity index (χ2v) is 7.01. The zero-order chi connectivity index (χ0) is 20.8. The predicted molar refractivity (Wildman–Crippen MR) is 104 cm³/mol. The number of piperidine rings is 1. The topological polar surface area (TPSA) is 44.8 Å². The summed E-state index contributed by atoms with van der Waals surface area (Å²) in [5, 5.41) is 0.769. The van der Waals surface area contributed by atoms with E-state index in [9.17, 15) is 17.6 Å². The quantitative estimate of drug-likeness (QED) is 0.588. The standard InChI is InChI=1S/C21H18F4N4/c1-12-6-8-29(20-27-9-14(10-28-20)21(23,24)25)11-17(12)13(2)15-3-4-18(22)19-16(15)5-7-26-19/h3-5,7,9-10,26H,1,6,8,11H2,2H3/b17-13+. The first-order valence-electron chi connectivity index (χ1n) is 9.03. The van der Waals surface area contributed by atoms with Gasteiger partial charge in [-0.2, -0.15) is 13.2 Å². The van der Waals surface area contributed by atoms with Crippen LogP contribution in [0.25, 0.3) is 16.5 Å². The van der Waals surface area contributed by atoms with Gasteiger partial charge in [-0.3, -0.25) is 0 Å². The van der Waals surface area contributed by atoms with Gasteiger partial charge in [0.05, 0.1) is 11.1 Å². The van der Waals surface area contributed by atoms with Gasteiger partial charge in [-0.15, -0.1) is 0 Å². The lowest BCUT2D eigenvalue weighted by Gasteiger charge is -2.31. The minimum absolute atomic E-state index is 0.238. The number of rotatable bonds is 2. The summed E-state index contributed by atoms with van der Waals surface area (Å²) < 4.78 is 52.3. The van der Waals surface area contributed by atoms with Gasteiger partial charge in [0.2, 0.25) is 5.95 Å². The van der Waals surface area contributed by atoms with Gasteiger partial charge in [0.15, 0.2) is 0 Å². The number of allylic oxidation sites excluding steroid dienone is 1. The van der Waals surface area contributed by atoms with Crippen molar-refractivity contribution in [2.24, 2.45) is 0 Å². The van der Waals surface area contributed by atoms with Crippen LogP contribution in [0.4, 0.5) is 23.5 Å². The van der Waals surface area contributed by atoms with E-state index >= 15 is 0 Å². The molecular weight excluding hydrogens is 384 g/mol.